The van der Waals surface area contributed by atoms with Crippen molar-refractivity contribution < 1.29 is 0 Å². The number of nitrogens with one attached hydrogen (secondary N) is 1. The summed E-state index contributed by atoms with van der Waals surface area (Å²) in [5, 5.41) is 7.96. The van der Waals surface area contributed by atoms with E-state index in [9.17, 15) is 0 Å². The Bertz CT molecular complexity index is 348. The second-order valence-electron chi connectivity index (χ2n) is 5.52. The Labute approximate surface area is 104 Å². The molecule has 17 heavy (non-hydrogen) atoms. The number of aromatic nitrogens is 2. The molecule has 96 valence electrons. The Kier molecular flexibility index (Phi) is 3.84. The lowest BCUT2D eigenvalue weighted by atomic mass is 10.1. The number of hydrogen-bond donors (Lipinski definition) is 1. The second-order valence-corrected chi connectivity index (χ2v) is 5.52. The van der Waals surface area contributed by atoms with Gasteiger partial charge in [0.25, 0.3) is 0 Å². The van der Waals surface area contributed by atoms with Gasteiger partial charge in [-0.25, -0.2) is 0 Å². The van der Waals surface area contributed by atoms with Crippen molar-refractivity contribution in [1.29, 1.82) is 0 Å². The molecule has 1 aromatic heterocycles. The van der Waals surface area contributed by atoms with Crippen LogP contribution in [0.4, 0.5) is 0 Å². The summed E-state index contributed by atoms with van der Waals surface area (Å²) in [5.41, 5.74) is 1.32. The summed E-state index contributed by atoms with van der Waals surface area (Å²) in [6, 6.07) is 3.73. The van der Waals surface area contributed by atoms with Crippen molar-refractivity contribution in [2.75, 3.05) is 13.1 Å². The van der Waals surface area contributed by atoms with Crippen LogP contribution in [0.5, 0.6) is 0 Å². The van der Waals surface area contributed by atoms with E-state index in [0.29, 0.717) is 18.1 Å². The topological polar surface area (TPSA) is 33.1 Å². The summed E-state index contributed by atoms with van der Waals surface area (Å²) in [6.45, 7) is 12.1. The van der Waals surface area contributed by atoms with Crippen LogP contribution < -0.4 is 5.32 Å². The Hall–Kier alpha value is -0.870. The molecule has 2 unspecified atom stereocenters. The first-order valence-corrected chi connectivity index (χ1v) is 6.57. The summed E-state index contributed by atoms with van der Waals surface area (Å²) in [7, 11) is 0. The lowest BCUT2D eigenvalue weighted by molar-refractivity contribution is 0.162. The molecule has 1 aliphatic heterocycles. The highest BCUT2D eigenvalue weighted by Crippen LogP contribution is 2.13. The van der Waals surface area contributed by atoms with Crippen molar-refractivity contribution in [3.8, 4) is 0 Å². The smallest absolute Gasteiger partial charge is 0.0527 e. The van der Waals surface area contributed by atoms with E-state index in [4.69, 9.17) is 0 Å². The fraction of sp³-hybridized carbons (Fsp3) is 0.769. The van der Waals surface area contributed by atoms with E-state index >= 15 is 0 Å². The standard InChI is InChI=1S/C13H24N4/c1-10(2)17-13(5-6-14-17)9-16-7-11(3)15-12(4)8-16/h5-6,10-12,15H,7-9H2,1-4H3. The maximum Gasteiger partial charge on any atom is 0.0527 e. The van der Waals surface area contributed by atoms with Crippen LogP contribution in [0.15, 0.2) is 12.3 Å². The Balaban J connectivity index is 2.02. The zero-order chi connectivity index (χ0) is 12.4. The number of piperazine rings is 1. The largest absolute Gasteiger partial charge is 0.309 e. The monoisotopic (exact) mass is 236 g/mol. The highest BCUT2D eigenvalue weighted by molar-refractivity contribution is 5.02. The van der Waals surface area contributed by atoms with Crippen LogP contribution in [0, 0.1) is 0 Å². The van der Waals surface area contributed by atoms with E-state index in [2.05, 4.69) is 53.8 Å². The average Bonchev–Trinajstić information content (AvgIpc) is 2.63. The predicted molar refractivity (Wildman–Crippen MR) is 69.9 cm³/mol. The van der Waals surface area contributed by atoms with Gasteiger partial charge in [0.05, 0.1) is 5.69 Å². The van der Waals surface area contributed by atoms with E-state index in [1.807, 2.05) is 6.20 Å². The quantitative estimate of drug-likeness (QED) is 0.866. The Morgan fingerprint density at radius 3 is 2.59 bits per heavy atom. The van der Waals surface area contributed by atoms with Crippen LogP contribution in [0.3, 0.4) is 0 Å². The van der Waals surface area contributed by atoms with Gasteiger partial charge in [0, 0.05) is 44.0 Å². The van der Waals surface area contributed by atoms with Crippen LogP contribution in [-0.4, -0.2) is 39.9 Å². The molecule has 2 rings (SSSR count). The van der Waals surface area contributed by atoms with E-state index in [1.165, 1.54) is 5.69 Å². The Morgan fingerprint density at radius 2 is 2.00 bits per heavy atom. The SMILES string of the molecule is CC1CN(Cc2ccnn2C(C)C)CC(C)N1. The molecule has 2 atom stereocenters. The fourth-order valence-corrected chi connectivity index (χ4v) is 2.73. The summed E-state index contributed by atoms with van der Waals surface area (Å²) < 4.78 is 2.12. The summed E-state index contributed by atoms with van der Waals surface area (Å²) >= 11 is 0. The average molecular weight is 236 g/mol. The highest BCUT2D eigenvalue weighted by Gasteiger charge is 2.21. The number of hydrogen-bond acceptors (Lipinski definition) is 3. The molecule has 0 saturated carbocycles. The van der Waals surface area contributed by atoms with Gasteiger partial charge in [-0.15, -0.1) is 0 Å². The zero-order valence-corrected chi connectivity index (χ0v) is 11.3. The Morgan fingerprint density at radius 1 is 1.35 bits per heavy atom. The number of nitrogens with zero attached hydrogens (tertiary/aromatic N) is 3. The normalized spacial score (nSPS) is 26.6. The molecule has 1 aromatic rings. The first-order chi connectivity index (χ1) is 8.06. The van der Waals surface area contributed by atoms with Crippen LogP contribution in [0.1, 0.15) is 39.4 Å². The molecule has 0 aromatic carbocycles. The van der Waals surface area contributed by atoms with E-state index in [1.54, 1.807) is 0 Å². The molecule has 1 N–H and O–H groups in total. The minimum Gasteiger partial charge on any atom is -0.309 e. The van der Waals surface area contributed by atoms with Crippen molar-refractivity contribution in [3.05, 3.63) is 18.0 Å². The molecular formula is C13H24N4. The fourth-order valence-electron chi connectivity index (χ4n) is 2.73. The van der Waals surface area contributed by atoms with Crippen molar-refractivity contribution in [3.63, 3.8) is 0 Å². The van der Waals surface area contributed by atoms with Gasteiger partial charge in [-0.05, 0) is 33.8 Å². The molecule has 0 spiro atoms. The minimum absolute atomic E-state index is 0.442. The lowest BCUT2D eigenvalue weighted by Gasteiger charge is -2.36. The molecule has 1 fully saturated rings. The third-order valence-corrected chi connectivity index (χ3v) is 3.26. The first kappa shape index (κ1) is 12.6. The number of rotatable bonds is 3. The molecule has 0 bridgehead atoms. The molecule has 2 heterocycles. The van der Waals surface area contributed by atoms with E-state index in [-0.39, 0.29) is 0 Å². The predicted octanol–water partition coefficient (Wildman–Crippen LogP) is 1.65. The molecule has 4 nitrogen and oxygen atoms in total. The van der Waals surface area contributed by atoms with Gasteiger partial charge in [-0.1, -0.05) is 0 Å². The zero-order valence-electron chi connectivity index (χ0n) is 11.3. The van der Waals surface area contributed by atoms with E-state index < -0.39 is 0 Å². The lowest BCUT2D eigenvalue weighted by Crippen LogP contribution is -2.53. The maximum atomic E-state index is 4.39. The molecule has 0 radical (unpaired) electrons. The van der Waals surface area contributed by atoms with Gasteiger partial charge in [-0.2, -0.15) is 5.10 Å². The van der Waals surface area contributed by atoms with Crippen LogP contribution in [0.25, 0.3) is 0 Å². The van der Waals surface area contributed by atoms with Crippen LogP contribution >= 0.6 is 0 Å². The van der Waals surface area contributed by atoms with Crippen molar-refractivity contribution in [1.82, 2.24) is 20.0 Å². The minimum atomic E-state index is 0.442. The molecule has 0 aliphatic carbocycles. The van der Waals surface area contributed by atoms with Crippen LogP contribution in [-0.2, 0) is 6.54 Å². The van der Waals surface area contributed by atoms with Crippen molar-refractivity contribution >= 4 is 0 Å². The maximum absolute atomic E-state index is 4.39. The van der Waals surface area contributed by atoms with Gasteiger partial charge in [-0.3, -0.25) is 9.58 Å². The molecule has 1 aliphatic rings. The van der Waals surface area contributed by atoms with Gasteiger partial charge in [0.2, 0.25) is 0 Å². The summed E-state index contributed by atoms with van der Waals surface area (Å²) in [5.74, 6) is 0. The van der Waals surface area contributed by atoms with Gasteiger partial charge in [0.15, 0.2) is 0 Å². The molecule has 4 heteroatoms. The van der Waals surface area contributed by atoms with Crippen LogP contribution in [0.2, 0.25) is 0 Å². The van der Waals surface area contributed by atoms with Gasteiger partial charge in [0.1, 0.15) is 0 Å². The first-order valence-electron chi connectivity index (χ1n) is 6.57. The molecule has 0 amide bonds. The van der Waals surface area contributed by atoms with Crippen molar-refractivity contribution in [2.24, 2.45) is 0 Å². The molecule has 1 saturated heterocycles. The van der Waals surface area contributed by atoms with Gasteiger partial charge >= 0.3 is 0 Å². The van der Waals surface area contributed by atoms with Crippen molar-refractivity contribution in [2.45, 2.75) is 52.4 Å². The van der Waals surface area contributed by atoms with Gasteiger partial charge < -0.3 is 5.32 Å². The second kappa shape index (κ2) is 5.19. The van der Waals surface area contributed by atoms with E-state index in [0.717, 1.165) is 19.6 Å². The highest BCUT2D eigenvalue weighted by atomic mass is 15.3. The summed E-state index contributed by atoms with van der Waals surface area (Å²) in [6.07, 6.45) is 1.91. The summed E-state index contributed by atoms with van der Waals surface area (Å²) in [4.78, 5) is 2.52. The third kappa shape index (κ3) is 3.07. The molecular weight excluding hydrogens is 212 g/mol. The third-order valence-electron chi connectivity index (χ3n) is 3.26.